The summed E-state index contributed by atoms with van der Waals surface area (Å²) < 4.78 is 7.79. The Morgan fingerprint density at radius 3 is 2.73 bits per heavy atom. The van der Waals surface area contributed by atoms with Crippen LogP contribution in [0.3, 0.4) is 0 Å². The zero-order valence-electron chi connectivity index (χ0n) is 17.2. The first-order chi connectivity index (χ1) is 14.3. The Labute approximate surface area is 178 Å². The third-order valence-corrected chi connectivity index (χ3v) is 7.67. The van der Waals surface area contributed by atoms with Gasteiger partial charge in [0.1, 0.15) is 5.56 Å². The summed E-state index contributed by atoms with van der Waals surface area (Å²) in [5, 5.41) is 13.4. The average molecular weight is 425 g/mol. The molecule has 1 aromatic carbocycles. The number of methoxy groups -OCH3 is 1. The highest BCUT2D eigenvalue weighted by Crippen LogP contribution is 2.46. The van der Waals surface area contributed by atoms with Crippen molar-refractivity contribution < 1.29 is 14.6 Å². The van der Waals surface area contributed by atoms with Gasteiger partial charge in [-0.05, 0) is 36.6 Å². The van der Waals surface area contributed by atoms with E-state index in [2.05, 4.69) is 25.2 Å². The number of carboxylic acid groups (broad SMARTS) is 1. The Morgan fingerprint density at radius 1 is 1.33 bits per heavy atom. The van der Waals surface area contributed by atoms with Crippen LogP contribution < -0.4 is 15.5 Å². The zero-order chi connectivity index (χ0) is 21.2. The van der Waals surface area contributed by atoms with Gasteiger partial charge in [-0.15, -0.1) is 11.3 Å². The number of nitrogens with zero attached hydrogens (tertiary/aromatic N) is 1. The molecule has 2 N–H and O–H groups in total. The topological polar surface area (TPSA) is 80.6 Å². The number of ether oxygens (including phenoxy) is 1. The summed E-state index contributed by atoms with van der Waals surface area (Å²) in [5.41, 5.74) is 2.34. The molecule has 0 spiro atoms. The molecule has 1 aliphatic heterocycles. The molecular formula is C23H24N2O4S. The summed E-state index contributed by atoms with van der Waals surface area (Å²) in [6.45, 7) is 6.27. The Morgan fingerprint density at radius 2 is 2.10 bits per heavy atom. The lowest BCUT2D eigenvalue weighted by Crippen LogP contribution is -2.37. The molecule has 6 nitrogen and oxygen atoms in total. The van der Waals surface area contributed by atoms with Gasteiger partial charge in [0, 0.05) is 46.1 Å². The number of rotatable bonds is 4. The van der Waals surface area contributed by atoms with Crippen LogP contribution in [0.5, 0.6) is 5.75 Å². The normalized spacial score (nSPS) is 17.7. The lowest BCUT2D eigenvalue weighted by atomic mass is 9.86. The van der Waals surface area contributed by atoms with E-state index in [0.29, 0.717) is 16.7 Å². The lowest BCUT2D eigenvalue weighted by molar-refractivity contribution is 0.0695. The van der Waals surface area contributed by atoms with Crippen LogP contribution in [0.25, 0.3) is 21.3 Å². The van der Waals surface area contributed by atoms with E-state index in [4.69, 9.17) is 4.74 Å². The van der Waals surface area contributed by atoms with Crippen LogP contribution in [0.2, 0.25) is 0 Å². The van der Waals surface area contributed by atoms with Crippen molar-refractivity contribution in [2.75, 3.05) is 13.7 Å². The standard InChI is InChI=1S/C23H24N2O4S/c1-23(2)11-24-9-12-8-17(30-21(12)23)14-6-7-15-18(20(14)29-3)25(13-4-5-13)10-16(19(15)26)22(27)28/h6-8,10,13,24H,4-5,9,11H2,1-3H3,(H,27,28). The van der Waals surface area contributed by atoms with Crippen molar-refractivity contribution in [1.82, 2.24) is 9.88 Å². The van der Waals surface area contributed by atoms with Gasteiger partial charge in [0.2, 0.25) is 5.43 Å². The molecule has 0 bridgehead atoms. The first-order valence-corrected chi connectivity index (χ1v) is 11.0. The van der Waals surface area contributed by atoms with Gasteiger partial charge in [-0.2, -0.15) is 0 Å². The van der Waals surface area contributed by atoms with E-state index < -0.39 is 11.4 Å². The molecular weight excluding hydrogens is 400 g/mol. The van der Waals surface area contributed by atoms with Crippen molar-refractivity contribution >= 4 is 28.2 Å². The van der Waals surface area contributed by atoms with E-state index in [-0.39, 0.29) is 17.0 Å². The van der Waals surface area contributed by atoms with Crippen LogP contribution in [0.1, 0.15) is 53.5 Å². The second kappa shape index (κ2) is 6.68. The Balaban J connectivity index is 1.79. The van der Waals surface area contributed by atoms with Crippen LogP contribution in [-0.4, -0.2) is 29.3 Å². The van der Waals surface area contributed by atoms with E-state index >= 15 is 0 Å². The summed E-state index contributed by atoms with van der Waals surface area (Å²) >= 11 is 1.77. The number of benzene rings is 1. The predicted octanol–water partition coefficient (Wildman–Crippen LogP) is 4.15. The van der Waals surface area contributed by atoms with Crippen molar-refractivity contribution in [3.63, 3.8) is 0 Å². The van der Waals surface area contributed by atoms with Crippen molar-refractivity contribution in [3.05, 3.63) is 50.6 Å². The highest BCUT2D eigenvalue weighted by atomic mass is 32.1. The summed E-state index contributed by atoms with van der Waals surface area (Å²) in [6, 6.07) is 6.06. The number of aromatic nitrogens is 1. The molecule has 2 aliphatic rings. The third-order valence-electron chi connectivity index (χ3n) is 6.09. The van der Waals surface area contributed by atoms with Crippen LogP contribution in [0.15, 0.2) is 29.2 Å². The number of pyridine rings is 1. The summed E-state index contributed by atoms with van der Waals surface area (Å²) in [4.78, 5) is 27.0. The number of nitrogens with one attached hydrogen (secondary N) is 1. The minimum atomic E-state index is -1.19. The number of fused-ring (bicyclic) bond motifs is 2. The maximum atomic E-state index is 12.9. The lowest BCUT2D eigenvalue weighted by Gasteiger charge is -2.30. The molecule has 0 unspecified atom stereocenters. The first kappa shape index (κ1) is 19.3. The number of hydrogen-bond donors (Lipinski definition) is 2. The van der Waals surface area contributed by atoms with E-state index in [1.54, 1.807) is 24.5 Å². The van der Waals surface area contributed by atoms with E-state index in [1.807, 2.05) is 10.6 Å². The number of carboxylic acids is 1. The molecule has 0 amide bonds. The average Bonchev–Trinajstić information content (AvgIpc) is 3.45. The van der Waals surface area contributed by atoms with E-state index in [0.717, 1.165) is 36.4 Å². The van der Waals surface area contributed by atoms with Gasteiger partial charge in [-0.3, -0.25) is 4.79 Å². The molecule has 3 aromatic rings. The van der Waals surface area contributed by atoms with Gasteiger partial charge in [0.15, 0.2) is 5.75 Å². The van der Waals surface area contributed by atoms with Crippen LogP contribution >= 0.6 is 11.3 Å². The third kappa shape index (κ3) is 2.87. The van der Waals surface area contributed by atoms with Crippen molar-refractivity contribution in [1.29, 1.82) is 0 Å². The minimum absolute atomic E-state index is 0.0626. The second-order valence-corrected chi connectivity index (χ2v) is 9.86. The fourth-order valence-corrected chi connectivity index (χ4v) is 5.77. The van der Waals surface area contributed by atoms with Gasteiger partial charge in [0.25, 0.3) is 0 Å². The quantitative estimate of drug-likeness (QED) is 0.658. The molecule has 1 aliphatic carbocycles. The zero-order valence-corrected chi connectivity index (χ0v) is 18.1. The van der Waals surface area contributed by atoms with Crippen LogP contribution in [-0.2, 0) is 12.0 Å². The highest BCUT2D eigenvalue weighted by molar-refractivity contribution is 7.15. The highest BCUT2D eigenvalue weighted by Gasteiger charge is 2.32. The molecule has 0 atom stereocenters. The molecule has 1 fully saturated rings. The van der Waals surface area contributed by atoms with Crippen molar-refractivity contribution in [3.8, 4) is 16.2 Å². The van der Waals surface area contributed by atoms with Gasteiger partial charge in [-0.1, -0.05) is 13.8 Å². The minimum Gasteiger partial charge on any atom is -0.494 e. The van der Waals surface area contributed by atoms with Crippen molar-refractivity contribution in [2.24, 2.45) is 0 Å². The number of thiophene rings is 1. The molecule has 30 heavy (non-hydrogen) atoms. The maximum absolute atomic E-state index is 12.9. The van der Waals surface area contributed by atoms with Gasteiger partial charge in [0.05, 0.1) is 18.0 Å². The van der Waals surface area contributed by atoms with E-state index in [1.165, 1.54) is 16.6 Å². The van der Waals surface area contributed by atoms with Gasteiger partial charge < -0.3 is 19.7 Å². The van der Waals surface area contributed by atoms with Crippen LogP contribution in [0.4, 0.5) is 0 Å². The molecule has 2 aromatic heterocycles. The Kier molecular flexibility index (Phi) is 4.31. The monoisotopic (exact) mass is 424 g/mol. The largest absolute Gasteiger partial charge is 0.494 e. The molecule has 0 saturated heterocycles. The molecule has 0 radical (unpaired) electrons. The predicted molar refractivity (Wildman–Crippen MR) is 118 cm³/mol. The number of aromatic carboxylic acids is 1. The molecule has 1 saturated carbocycles. The molecule has 3 heterocycles. The fourth-order valence-electron chi connectivity index (χ4n) is 4.47. The SMILES string of the molecule is COc1c(-c2cc3c(s2)C(C)(C)CNC3)ccc2c(=O)c(C(=O)O)cn(C3CC3)c12. The summed E-state index contributed by atoms with van der Waals surface area (Å²) in [7, 11) is 1.62. The van der Waals surface area contributed by atoms with Crippen LogP contribution in [0, 0.1) is 0 Å². The van der Waals surface area contributed by atoms with Gasteiger partial charge >= 0.3 is 5.97 Å². The first-order valence-electron chi connectivity index (χ1n) is 10.1. The Hall–Kier alpha value is -2.64. The number of hydrogen-bond acceptors (Lipinski definition) is 5. The van der Waals surface area contributed by atoms with Crippen molar-refractivity contribution in [2.45, 2.75) is 44.7 Å². The van der Waals surface area contributed by atoms with Gasteiger partial charge in [-0.25, -0.2) is 4.79 Å². The Bertz CT molecular complexity index is 1250. The summed E-state index contributed by atoms with van der Waals surface area (Å²) in [6.07, 6.45) is 3.43. The number of carbonyl (C=O) groups is 1. The molecule has 156 valence electrons. The van der Waals surface area contributed by atoms with E-state index in [9.17, 15) is 14.7 Å². The second-order valence-electron chi connectivity index (χ2n) is 8.81. The fraction of sp³-hybridized carbons (Fsp3) is 0.391. The molecule has 7 heteroatoms. The smallest absolute Gasteiger partial charge is 0.341 e. The summed E-state index contributed by atoms with van der Waals surface area (Å²) in [5.74, 6) is -0.558. The molecule has 5 rings (SSSR count). The maximum Gasteiger partial charge on any atom is 0.341 e.